The molecule has 0 spiro atoms. The summed E-state index contributed by atoms with van der Waals surface area (Å²) in [6, 6.07) is 11.1. The van der Waals surface area contributed by atoms with Crippen molar-refractivity contribution in [2.75, 3.05) is 0 Å². The van der Waals surface area contributed by atoms with Gasteiger partial charge in [-0.15, -0.1) is 0 Å². The van der Waals surface area contributed by atoms with Gasteiger partial charge < -0.3 is 4.74 Å². The third-order valence-corrected chi connectivity index (χ3v) is 6.57. The second-order valence-corrected chi connectivity index (χ2v) is 9.69. The Balaban J connectivity index is 1.41. The Morgan fingerprint density at radius 3 is 1.93 bits per heavy atom. The van der Waals surface area contributed by atoms with Crippen LogP contribution >= 0.6 is 0 Å². The maximum absolute atomic E-state index is 15.2. The number of hydrogen-bond acceptors (Lipinski definition) is 1. The maximum Gasteiger partial charge on any atom is 0.429 e. The standard InChI is InChI=1S/C33H17F9O/c1-16-9-21-13-26(36)29(32(40)30(21)25(35)10-16)19-6-3-18(4-7-19)5-8-20-12-24(34)23(11-17(20)2)33(41,42)43-22-14-27(37)31(39)28(38)15-22/h3-4,6-7,9-15H,1-2H3. The summed E-state index contributed by atoms with van der Waals surface area (Å²) < 4.78 is 133. The van der Waals surface area contributed by atoms with Crippen LogP contribution in [0.1, 0.15) is 27.8 Å². The highest BCUT2D eigenvalue weighted by molar-refractivity contribution is 5.89. The fourth-order valence-corrected chi connectivity index (χ4v) is 4.51. The van der Waals surface area contributed by atoms with Crippen LogP contribution in [0.15, 0.2) is 66.7 Å². The van der Waals surface area contributed by atoms with Crippen molar-refractivity contribution < 1.29 is 44.3 Å². The van der Waals surface area contributed by atoms with Crippen molar-refractivity contribution >= 4 is 10.8 Å². The first-order valence-corrected chi connectivity index (χ1v) is 12.5. The Labute approximate surface area is 239 Å². The molecule has 0 heterocycles. The van der Waals surface area contributed by atoms with E-state index in [0.29, 0.717) is 17.2 Å². The van der Waals surface area contributed by atoms with Gasteiger partial charge in [0.05, 0.1) is 10.9 Å². The quantitative estimate of drug-likeness (QED) is 0.113. The summed E-state index contributed by atoms with van der Waals surface area (Å²) in [5.74, 6) is -5.38. The highest BCUT2D eigenvalue weighted by Gasteiger charge is 2.38. The normalized spacial score (nSPS) is 11.4. The minimum absolute atomic E-state index is 0.0115. The van der Waals surface area contributed by atoms with Crippen LogP contribution in [0.3, 0.4) is 0 Å². The molecule has 5 aromatic carbocycles. The molecular weight excluding hydrogens is 583 g/mol. The van der Waals surface area contributed by atoms with E-state index in [0.717, 1.165) is 18.2 Å². The minimum Gasteiger partial charge on any atom is -0.429 e. The molecule has 0 aliphatic heterocycles. The second kappa shape index (κ2) is 11.1. The van der Waals surface area contributed by atoms with Crippen LogP contribution < -0.4 is 4.74 Å². The Bertz CT molecular complexity index is 1950. The Morgan fingerprint density at radius 2 is 1.28 bits per heavy atom. The first kappa shape index (κ1) is 29.6. The summed E-state index contributed by atoms with van der Waals surface area (Å²) in [6.45, 7) is 2.96. The third-order valence-electron chi connectivity index (χ3n) is 6.57. The van der Waals surface area contributed by atoms with Gasteiger partial charge in [-0.3, -0.25) is 0 Å². The number of benzene rings is 5. The Kier molecular flexibility index (Phi) is 7.61. The molecule has 0 atom stereocenters. The van der Waals surface area contributed by atoms with Crippen molar-refractivity contribution in [1.29, 1.82) is 0 Å². The molecule has 1 nitrogen and oxygen atoms in total. The van der Waals surface area contributed by atoms with E-state index in [1.165, 1.54) is 37.3 Å². The zero-order valence-electron chi connectivity index (χ0n) is 22.2. The van der Waals surface area contributed by atoms with Crippen LogP contribution in [0, 0.1) is 66.4 Å². The van der Waals surface area contributed by atoms with Crippen molar-refractivity contribution in [3.05, 3.63) is 135 Å². The molecule has 0 fully saturated rings. The van der Waals surface area contributed by atoms with E-state index in [1.54, 1.807) is 6.92 Å². The average Bonchev–Trinajstić information content (AvgIpc) is 2.91. The van der Waals surface area contributed by atoms with Crippen molar-refractivity contribution in [1.82, 2.24) is 0 Å². The van der Waals surface area contributed by atoms with E-state index in [-0.39, 0.29) is 39.6 Å². The first-order chi connectivity index (χ1) is 20.2. The van der Waals surface area contributed by atoms with Gasteiger partial charge in [-0.05, 0) is 72.3 Å². The largest absolute Gasteiger partial charge is 0.429 e. The van der Waals surface area contributed by atoms with E-state index < -0.39 is 63.7 Å². The summed E-state index contributed by atoms with van der Waals surface area (Å²) in [7, 11) is 0. The third kappa shape index (κ3) is 5.75. The molecule has 0 saturated carbocycles. The molecular formula is C33H17F9O. The van der Waals surface area contributed by atoms with Gasteiger partial charge in [0.2, 0.25) is 0 Å². The lowest BCUT2D eigenvalue weighted by Crippen LogP contribution is -2.24. The molecule has 5 aromatic rings. The van der Waals surface area contributed by atoms with Gasteiger partial charge in [0, 0.05) is 23.3 Å². The van der Waals surface area contributed by atoms with Crippen LogP contribution in [0.5, 0.6) is 5.75 Å². The molecule has 0 aromatic heterocycles. The topological polar surface area (TPSA) is 9.23 Å². The van der Waals surface area contributed by atoms with E-state index >= 15 is 4.39 Å². The predicted octanol–water partition coefficient (Wildman–Crippen LogP) is 9.63. The fourth-order valence-electron chi connectivity index (χ4n) is 4.51. The monoisotopic (exact) mass is 600 g/mol. The van der Waals surface area contributed by atoms with Gasteiger partial charge in [0.15, 0.2) is 17.5 Å². The molecule has 0 bridgehead atoms. The minimum atomic E-state index is -4.39. The lowest BCUT2D eigenvalue weighted by Gasteiger charge is -2.20. The molecule has 0 aliphatic carbocycles. The zero-order valence-corrected chi connectivity index (χ0v) is 22.2. The summed E-state index contributed by atoms with van der Waals surface area (Å²) in [4.78, 5) is 0. The molecule has 5 rings (SSSR count). The SMILES string of the molecule is Cc1cc(F)c2c(F)c(-c3ccc(C#Cc4cc(F)c(C(F)(F)Oc5cc(F)c(F)c(F)c5)cc4C)cc3)c(F)cc2c1. The summed E-state index contributed by atoms with van der Waals surface area (Å²) in [6.07, 6.45) is -4.39. The molecule has 10 heteroatoms. The Morgan fingerprint density at radius 1 is 0.628 bits per heavy atom. The number of hydrogen-bond donors (Lipinski definition) is 0. The second-order valence-electron chi connectivity index (χ2n) is 9.69. The van der Waals surface area contributed by atoms with Crippen LogP contribution in [-0.4, -0.2) is 0 Å². The molecule has 43 heavy (non-hydrogen) atoms. The number of aryl methyl sites for hydroxylation is 2. The van der Waals surface area contributed by atoms with Gasteiger partial charge in [-0.1, -0.05) is 30.0 Å². The summed E-state index contributed by atoms with van der Waals surface area (Å²) in [5, 5.41) is -0.269. The molecule has 218 valence electrons. The summed E-state index contributed by atoms with van der Waals surface area (Å²) >= 11 is 0. The average molecular weight is 600 g/mol. The smallest absolute Gasteiger partial charge is 0.429 e. The van der Waals surface area contributed by atoms with Crippen molar-refractivity contribution in [3.63, 3.8) is 0 Å². The number of fused-ring (bicyclic) bond motifs is 1. The molecule has 0 aliphatic rings. The Hall–Kier alpha value is -4.91. The number of rotatable bonds is 4. The predicted molar refractivity (Wildman–Crippen MR) is 142 cm³/mol. The van der Waals surface area contributed by atoms with Gasteiger partial charge in [0.1, 0.15) is 34.6 Å². The van der Waals surface area contributed by atoms with E-state index in [2.05, 4.69) is 16.6 Å². The molecule has 0 saturated heterocycles. The van der Waals surface area contributed by atoms with Crippen LogP contribution in [0.25, 0.3) is 21.9 Å². The molecule has 0 N–H and O–H groups in total. The lowest BCUT2D eigenvalue weighted by atomic mass is 9.97. The van der Waals surface area contributed by atoms with Gasteiger partial charge >= 0.3 is 6.11 Å². The summed E-state index contributed by atoms with van der Waals surface area (Å²) in [5.41, 5.74) is -0.643. The maximum atomic E-state index is 15.2. The van der Waals surface area contributed by atoms with Crippen LogP contribution in [0.4, 0.5) is 39.5 Å². The lowest BCUT2D eigenvalue weighted by molar-refractivity contribution is -0.187. The van der Waals surface area contributed by atoms with Crippen molar-refractivity contribution in [2.24, 2.45) is 0 Å². The zero-order chi connectivity index (χ0) is 31.2. The number of ether oxygens (including phenoxy) is 1. The highest BCUT2D eigenvalue weighted by atomic mass is 19.3. The van der Waals surface area contributed by atoms with Gasteiger partial charge in [-0.2, -0.15) is 8.78 Å². The fraction of sp³-hybridized carbons (Fsp3) is 0.0909. The molecule has 0 unspecified atom stereocenters. The van der Waals surface area contributed by atoms with E-state index in [9.17, 15) is 35.1 Å². The van der Waals surface area contributed by atoms with Crippen molar-refractivity contribution in [3.8, 4) is 28.7 Å². The highest BCUT2D eigenvalue weighted by Crippen LogP contribution is 2.36. The number of alkyl halides is 2. The van der Waals surface area contributed by atoms with E-state index in [4.69, 9.17) is 0 Å². The van der Waals surface area contributed by atoms with E-state index in [1.807, 2.05) is 0 Å². The van der Waals surface area contributed by atoms with Gasteiger partial charge in [0.25, 0.3) is 0 Å². The van der Waals surface area contributed by atoms with Crippen molar-refractivity contribution in [2.45, 2.75) is 20.0 Å². The number of halogens is 9. The first-order valence-electron chi connectivity index (χ1n) is 12.5. The molecule has 0 amide bonds. The van der Waals surface area contributed by atoms with Gasteiger partial charge in [-0.25, -0.2) is 30.7 Å². The molecule has 0 radical (unpaired) electrons. The van der Waals surface area contributed by atoms with Crippen LogP contribution in [-0.2, 0) is 6.11 Å². The van der Waals surface area contributed by atoms with Crippen LogP contribution in [0.2, 0.25) is 0 Å².